The van der Waals surface area contributed by atoms with E-state index < -0.39 is 5.60 Å². The molecule has 1 saturated heterocycles. The molecule has 0 aromatic carbocycles. The lowest BCUT2D eigenvalue weighted by Crippen LogP contribution is -2.63. The molecule has 0 saturated carbocycles. The third-order valence-corrected chi connectivity index (χ3v) is 3.08. The van der Waals surface area contributed by atoms with E-state index in [1.807, 2.05) is 6.92 Å². The van der Waals surface area contributed by atoms with E-state index in [0.717, 1.165) is 25.7 Å². The predicted octanol–water partition coefficient (Wildman–Crippen LogP) is 1.77. The van der Waals surface area contributed by atoms with Crippen molar-refractivity contribution in [1.82, 2.24) is 4.90 Å². The number of likely N-dealkylation sites (tertiary alicyclic amines) is 1. The number of aliphatic hydroxyl groups is 1. The Bertz CT molecular complexity index is 215. The first-order chi connectivity index (χ1) is 7.11. The van der Waals surface area contributed by atoms with Gasteiger partial charge in [0.25, 0.3) is 0 Å². The second-order valence-corrected chi connectivity index (χ2v) is 4.75. The Morgan fingerprint density at radius 2 is 2.13 bits per heavy atom. The number of hydrogen-bond donors (Lipinski definition) is 1. The number of alkyl halides is 1. The van der Waals surface area contributed by atoms with Gasteiger partial charge in [0, 0.05) is 12.3 Å². The van der Waals surface area contributed by atoms with Gasteiger partial charge in [0.2, 0.25) is 5.91 Å². The van der Waals surface area contributed by atoms with Crippen molar-refractivity contribution in [3.63, 3.8) is 0 Å². The second-order valence-electron chi connectivity index (χ2n) is 4.37. The van der Waals surface area contributed by atoms with E-state index in [9.17, 15) is 9.90 Å². The topological polar surface area (TPSA) is 40.5 Å². The van der Waals surface area contributed by atoms with Gasteiger partial charge < -0.3 is 10.0 Å². The number of halogens is 1. The normalized spacial score (nSPS) is 18.7. The van der Waals surface area contributed by atoms with Crippen molar-refractivity contribution >= 4 is 17.5 Å². The van der Waals surface area contributed by atoms with Crippen LogP contribution in [0.5, 0.6) is 0 Å². The number of amides is 1. The molecule has 3 nitrogen and oxygen atoms in total. The highest BCUT2D eigenvalue weighted by Gasteiger charge is 2.42. The smallest absolute Gasteiger partial charge is 0.222 e. The summed E-state index contributed by atoms with van der Waals surface area (Å²) in [4.78, 5) is 13.3. The van der Waals surface area contributed by atoms with Crippen molar-refractivity contribution in [3.8, 4) is 0 Å². The minimum absolute atomic E-state index is 0.154. The number of carbonyl (C=O) groups excluding carboxylic acids is 1. The second kappa shape index (κ2) is 5.71. The lowest BCUT2D eigenvalue weighted by molar-refractivity contribution is -0.156. The molecule has 1 aliphatic rings. The summed E-state index contributed by atoms with van der Waals surface area (Å²) in [5.74, 6) is 0.772. The van der Waals surface area contributed by atoms with Gasteiger partial charge in [-0.25, -0.2) is 0 Å². The molecule has 15 heavy (non-hydrogen) atoms. The molecule has 0 spiro atoms. The Labute approximate surface area is 96.4 Å². The van der Waals surface area contributed by atoms with E-state index in [2.05, 4.69) is 0 Å². The first kappa shape index (κ1) is 12.8. The third kappa shape index (κ3) is 3.65. The molecule has 0 bridgehead atoms. The number of hydrogen-bond acceptors (Lipinski definition) is 2. The third-order valence-electron chi connectivity index (χ3n) is 2.81. The maximum Gasteiger partial charge on any atom is 0.222 e. The van der Waals surface area contributed by atoms with Crippen LogP contribution in [0.15, 0.2) is 0 Å². The van der Waals surface area contributed by atoms with Crippen molar-refractivity contribution in [1.29, 1.82) is 0 Å². The van der Waals surface area contributed by atoms with E-state index in [4.69, 9.17) is 11.6 Å². The summed E-state index contributed by atoms with van der Waals surface area (Å²) in [5, 5.41) is 9.89. The van der Waals surface area contributed by atoms with Gasteiger partial charge in [-0.1, -0.05) is 13.3 Å². The Hall–Kier alpha value is -0.280. The van der Waals surface area contributed by atoms with Crippen LogP contribution in [0.2, 0.25) is 0 Å². The molecule has 4 heteroatoms. The van der Waals surface area contributed by atoms with Crippen molar-refractivity contribution in [2.75, 3.05) is 19.0 Å². The molecule has 0 aromatic heterocycles. The molecule has 0 aliphatic carbocycles. The van der Waals surface area contributed by atoms with Crippen LogP contribution < -0.4 is 0 Å². The van der Waals surface area contributed by atoms with Gasteiger partial charge in [-0.2, -0.15) is 0 Å². The molecule has 0 radical (unpaired) electrons. The van der Waals surface area contributed by atoms with Gasteiger partial charge >= 0.3 is 0 Å². The van der Waals surface area contributed by atoms with Crippen LogP contribution in [0.3, 0.4) is 0 Å². The Kier molecular flexibility index (Phi) is 4.87. The van der Waals surface area contributed by atoms with Gasteiger partial charge in [-0.3, -0.25) is 4.79 Å². The van der Waals surface area contributed by atoms with Crippen LogP contribution in [-0.4, -0.2) is 40.5 Å². The molecule has 0 aromatic rings. The molecule has 1 heterocycles. The molecule has 0 atom stereocenters. The van der Waals surface area contributed by atoms with Crippen molar-refractivity contribution < 1.29 is 9.90 Å². The number of β-amino-alcohol motifs (C(OH)–C–C–N with tert-alkyl or cyclic N) is 1. The summed E-state index contributed by atoms with van der Waals surface area (Å²) in [7, 11) is 0. The van der Waals surface area contributed by atoms with E-state index >= 15 is 0 Å². The number of rotatable bonds is 6. The van der Waals surface area contributed by atoms with Crippen LogP contribution >= 0.6 is 11.6 Å². The summed E-state index contributed by atoms with van der Waals surface area (Å²) in [6, 6.07) is 0. The van der Waals surface area contributed by atoms with Crippen LogP contribution in [0.25, 0.3) is 0 Å². The number of carbonyl (C=O) groups is 1. The van der Waals surface area contributed by atoms with Crippen molar-refractivity contribution in [3.05, 3.63) is 0 Å². The molecule has 1 rings (SSSR count). The first-order valence-corrected chi connectivity index (χ1v) is 6.21. The number of unbranched alkanes of at least 4 members (excludes halogenated alkanes) is 1. The monoisotopic (exact) mass is 233 g/mol. The fraction of sp³-hybridized carbons (Fsp3) is 0.909. The van der Waals surface area contributed by atoms with E-state index in [0.29, 0.717) is 25.4 Å². The zero-order valence-corrected chi connectivity index (χ0v) is 10.1. The predicted molar refractivity (Wildman–Crippen MR) is 61.0 cm³/mol. The highest BCUT2D eigenvalue weighted by molar-refractivity contribution is 6.17. The van der Waals surface area contributed by atoms with Gasteiger partial charge in [-0.15, -0.1) is 11.6 Å². The molecule has 1 N–H and O–H groups in total. The van der Waals surface area contributed by atoms with Crippen LogP contribution in [0, 0.1) is 0 Å². The summed E-state index contributed by atoms with van der Waals surface area (Å²) < 4.78 is 0. The summed E-state index contributed by atoms with van der Waals surface area (Å²) in [6.07, 6.45) is 4.06. The fourth-order valence-electron chi connectivity index (χ4n) is 1.99. The largest absolute Gasteiger partial charge is 0.386 e. The first-order valence-electron chi connectivity index (χ1n) is 5.67. The quantitative estimate of drug-likeness (QED) is 0.561. The lowest BCUT2D eigenvalue weighted by Gasteiger charge is -2.46. The number of nitrogens with zero attached hydrogens (tertiary/aromatic N) is 1. The average molecular weight is 234 g/mol. The van der Waals surface area contributed by atoms with E-state index in [1.54, 1.807) is 4.90 Å². The molecule has 1 fully saturated rings. The SMILES string of the molecule is CCCC1(O)CN(C(=O)CCCCCl)C1. The van der Waals surface area contributed by atoms with Gasteiger partial charge in [0.05, 0.1) is 18.7 Å². The average Bonchev–Trinajstić information content (AvgIpc) is 2.14. The van der Waals surface area contributed by atoms with Gasteiger partial charge in [0.1, 0.15) is 0 Å². The highest BCUT2D eigenvalue weighted by Crippen LogP contribution is 2.26. The maximum atomic E-state index is 11.6. The van der Waals surface area contributed by atoms with Gasteiger partial charge in [0.15, 0.2) is 0 Å². The van der Waals surface area contributed by atoms with Crippen molar-refractivity contribution in [2.45, 2.75) is 44.6 Å². The summed E-state index contributed by atoms with van der Waals surface area (Å²) in [6.45, 7) is 3.07. The fourth-order valence-corrected chi connectivity index (χ4v) is 2.18. The Morgan fingerprint density at radius 3 is 2.67 bits per heavy atom. The zero-order valence-electron chi connectivity index (χ0n) is 9.34. The van der Waals surface area contributed by atoms with Crippen molar-refractivity contribution in [2.24, 2.45) is 0 Å². The molecular formula is C11H20ClNO2. The van der Waals surface area contributed by atoms with E-state index in [1.165, 1.54) is 0 Å². The van der Waals surface area contributed by atoms with E-state index in [-0.39, 0.29) is 5.91 Å². The highest BCUT2D eigenvalue weighted by atomic mass is 35.5. The minimum atomic E-state index is -0.600. The summed E-state index contributed by atoms with van der Waals surface area (Å²) >= 11 is 5.53. The molecular weight excluding hydrogens is 214 g/mol. The molecule has 0 unspecified atom stereocenters. The Balaban J connectivity index is 2.17. The summed E-state index contributed by atoms with van der Waals surface area (Å²) in [5.41, 5.74) is -0.600. The molecule has 88 valence electrons. The molecule has 1 amide bonds. The Morgan fingerprint density at radius 1 is 1.47 bits per heavy atom. The van der Waals surface area contributed by atoms with Crippen LogP contribution in [0.4, 0.5) is 0 Å². The maximum absolute atomic E-state index is 11.6. The standard InChI is InChI=1S/C11H20ClNO2/c1-2-6-11(15)8-13(9-11)10(14)5-3-4-7-12/h15H,2-9H2,1H3. The minimum Gasteiger partial charge on any atom is -0.386 e. The molecule has 1 aliphatic heterocycles. The van der Waals surface area contributed by atoms with Crippen LogP contribution in [0.1, 0.15) is 39.0 Å². The van der Waals surface area contributed by atoms with Gasteiger partial charge in [-0.05, 0) is 19.3 Å². The zero-order chi connectivity index (χ0) is 11.3. The van der Waals surface area contributed by atoms with Crippen LogP contribution in [-0.2, 0) is 4.79 Å². The lowest BCUT2D eigenvalue weighted by atomic mass is 9.89.